The Balaban J connectivity index is 1.55. The third-order valence-electron chi connectivity index (χ3n) is 3.74. The number of alkyl halides is 1. The molecule has 0 saturated heterocycles. The van der Waals surface area contributed by atoms with Gasteiger partial charge in [-0.25, -0.2) is 0 Å². The second-order valence-corrected chi connectivity index (χ2v) is 5.58. The average Bonchev–Trinajstić information content (AvgIpc) is 3.11. The van der Waals surface area contributed by atoms with E-state index >= 15 is 0 Å². The lowest BCUT2D eigenvalue weighted by Gasteiger charge is -2.14. The van der Waals surface area contributed by atoms with Crippen LogP contribution in [-0.2, 0) is 6.42 Å². The number of nitrogens with one attached hydrogen (secondary N) is 1. The summed E-state index contributed by atoms with van der Waals surface area (Å²) in [6.45, 7) is 2.29. The predicted molar refractivity (Wildman–Crippen MR) is 74.6 cm³/mol. The second-order valence-electron chi connectivity index (χ2n) is 5.20. The van der Waals surface area contributed by atoms with Gasteiger partial charge in [-0.05, 0) is 49.6 Å². The molecule has 0 radical (unpaired) electrons. The zero-order valence-corrected chi connectivity index (χ0v) is 11.2. The van der Waals surface area contributed by atoms with Crippen LogP contribution in [0.5, 0.6) is 0 Å². The molecule has 0 atom stereocenters. The third-order valence-corrected chi connectivity index (χ3v) is 3.93. The van der Waals surface area contributed by atoms with Crippen molar-refractivity contribution in [2.24, 2.45) is 5.41 Å². The summed E-state index contributed by atoms with van der Waals surface area (Å²) in [6, 6.07) is 10.7. The van der Waals surface area contributed by atoms with Gasteiger partial charge in [0.1, 0.15) is 0 Å². The van der Waals surface area contributed by atoms with Crippen LogP contribution in [0.4, 0.5) is 0 Å². The van der Waals surface area contributed by atoms with Crippen molar-refractivity contribution in [2.75, 3.05) is 19.0 Å². The van der Waals surface area contributed by atoms with Gasteiger partial charge >= 0.3 is 0 Å². The Morgan fingerprint density at radius 1 is 1.18 bits per heavy atom. The van der Waals surface area contributed by atoms with E-state index in [4.69, 9.17) is 11.6 Å². The molecular weight excluding hydrogens is 230 g/mol. The van der Waals surface area contributed by atoms with E-state index < -0.39 is 0 Å². The number of halogens is 1. The van der Waals surface area contributed by atoms with E-state index in [1.54, 1.807) is 0 Å². The van der Waals surface area contributed by atoms with Crippen molar-refractivity contribution in [3.05, 3.63) is 35.9 Å². The fourth-order valence-electron chi connectivity index (χ4n) is 2.31. The van der Waals surface area contributed by atoms with Crippen LogP contribution in [0.1, 0.15) is 31.2 Å². The van der Waals surface area contributed by atoms with Crippen molar-refractivity contribution in [1.82, 2.24) is 5.32 Å². The van der Waals surface area contributed by atoms with Crippen LogP contribution in [0.3, 0.4) is 0 Å². The molecule has 17 heavy (non-hydrogen) atoms. The van der Waals surface area contributed by atoms with Gasteiger partial charge in [-0.3, -0.25) is 0 Å². The van der Waals surface area contributed by atoms with Gasteiger partial charge in [0.15, 0.2) is 0 Å². The standard InChI is InChI=1S/C15H22ClN/c16-11-10-15(8-9-15)13-17-12-4-7-14-5-2-1-3-6-14/h1-3,5-6,17H,4,7-13H2. The van der Waals surface area contributed by atoms with Crippen LogP contribution in [0, 0.1) is 5.41 Å². The van der Waals surface area contributed by atoms with Crippen molar-refractivity contribution >= 4 is 11.6 Å². The molecule has 0 aromatic heterocycles. The summed E-state index contributed by atoms with van der Waals surface area (Å²) in [5.41, 5.74) is 2.00. The van der Waals surface area contributed by atoms with Crippen molar-refractivity contribution in [1.29, 1.82) is 0 Å². The summed E-state index contributed by atoms with van der Waals surface area (Å²) in [4.78, 5) is 0. The molecule has 0 aliphatic heterocycles. The molecule has 0 bridgehead atoms. The van der Waals surface area contributed by atoms with Gasteiger partial charge in [-0.15, -0.1) is 11.6 Å². The molecule has 1 aromatic rings. The molecule has 0 spiro atoms. The Morgan fingerprint density at radius 2 is 1.94 bits per heavy atom. The van der Waals surface area contributed by atoms with Gasteiger partial charge in [0.05, 0.1) is 0 Å². The van der Waals surface area contributed by atoms with Crippen LogP contribution in [0.15, 0.2) is 30.3 Å². The summed E-state index contributed by atoms with van der Waals surface area (Å²) in [6.07, 6.45) is 6.31. The number of hydrogen-bond donors (Lipinski definition) is 1. The highest BCUT2D eigenvalue weighted by atomic mass is 35.5. The number of hydrogen-bond acceptors (Lipinski definition) is 1. The van der Waals surface area contributed by atoms with E-state index in [0.717, 1.165) is 19.0 Å². The van der Waals surface area contributed by atoms with Crippen molar-refractivity contribution in [3.8, 4) is 0 Å². The molecule has 1 N–H and O–H groups in total. The van der Waals surface area contributed by atoms with Gasteiger partial charge < -0.3 is 5.32 Å². The Morgan fingerprint density at radius 3 is 2.59 bits per heavy atom. The molecule has 1 nitrogen and oxygen atoms in total. The van der Waals surface area contributed by atoms with E-state index in [1.807, 2.05) is 0 Å². The second kappa shape index (κ2) is 6.42. The highest BCUT2D eigenvalue weighted by Crippen LogP contribution is 2.48. The minimum atomic E-state index is 0.564. The maximum absolute atomic E-state index is 5.82. The molecule has 2 heteroatoms. The van der Waals surface area contributed by atoms with Gasteiger partial charge in [-0.1, -0.05) is 30.3 Å². The van der Waals surface area contributed by atoms with Gasteiger partial charge in [-0.2, -0.15) is 0 Å². The molecule has 0 amide bonds. The van der Waals surface area contributed by atoms with Gasteiger partial charge in [0, 0.05) is 12.4 Å². The number of rotatable bonds is 8. The van der Waals surface area contributed by atoms with Crippen LogP contribution in [-0.4, -0.2) is 19.0 Å². The highest BCUT2D eigenvalue weighted by Gasteiger charge is 2.40. The first kappa shape index (κ1) is 12.9. The van der Waals surface area contributed by atoms with E-state index in [2.05, 4.69) is 35.6 Å². The summed E-state index contributed by atoms with van der Waals surface area (Å²) >= 11 is 5.82. The van der Waals surface area contributed by atoms with E-state index in [-0.39, 0.29) is 0 Å². The number of benzene rings is 1. The molecule has 1 fully saturated rings. The lowest BCUT2D eigenvalue weighted by molar-refractivity contribution is 0.444. The largest absolute Gasteiger partial charge is 0.316 e. The van der Waals surface area contributed by atoms with Crippen LogP contribution in [0.2, 0.25) is 0 Å². The van der Waals surface area contributed by atoms with E-state index in [0.29, 0.717) is 5.41 Å². The summed E-state index contributed by atoms with van der Waals surface area (Å²) in [5, 5.41) is 3.58. The van der Waals surface area contributed by atoms with Crippen LogP contribution in [0.25, 0.3) is 0 Å². The fourth-order valence-corrected chi connectivity index (χ4v) is 2.71. The van der Waals surface area contributed by atoms with Gasteiger partial charge in [0.2, 0.25) is 0 Å². The average molecular weight is 252 g/mol. The maximum Gasteiger partial charge on any atom is 0.0229 e. The molecule has 2 rings (SSSR count). The minimum Gasteiger partial charge on any atom is -0.316 e. The Labute approximate surface area is 110 Å². The monoisotopic (exact) mass is 251 g/mol. The van der Waals surface area contributed by atoms with Crippen molar-refractivity contribution in [3.63, 3.8) is 0 Å². The molecule has 1 aromatic carbocycles. The molecule has 0 heterocycles. The zero-order valence-electron chi connectivity index (χ0n) is 10.4. The quantitative estimate of drug-likeness (QED) is 0.550. The first-order valence-electron chi connectivity index (χ1n) is 6.65. The zero-order chi connectivity index (χ0) is 12.0. The fraction of sp³-hybridized carbons (Fsp3) is 0.600. The SMILES string of the molecule is ClCCC1(CNCCCc2ccccc2)CC1. The maximum atomic E-state index is 5.82. The van der Waals surface area contributed by atoms with Crippen molar-refractivity contribution < 1.29 is 0 Å². The molecule has 1 saturated carbocycles. The summed E-state index contributed by atoms with van der Waals surface area (Å²) < 4.78 is 0. The Kier molecular flexibility index (Phi) is 4.87. The molecule has 0 unspecified atom stereocenters. The third kappa shape index (κ3) is 4.33. The topological polar surface area (TPSA) is 12.0 Å². The van der Waals surface area contributed by atoms with Gasteiger partial charge in [0.25, 0.3) is 0 Å². The van der Waals surface area contributed by atoms with E-state index in [1.165, 1.54) is 37.7 Å². The number of aryl methyl sites for hydroxylation is 1. The van der Waals surface area contributed by atoms with Crippen LogP contribution >= 0.6 is 11.6 Å². The molecule has 1 aliphatic carbocycles. The molecular formula is C15H22ClN. The normalized spacial score (nSPS) is 17.0. The lowest BCUT2D eigenvalue weighted by Crippen LogP contribution is -2.25. The predicted octanol–water partition coefficient (Wildman–Crippen LogP) is 3.62. The van der Waals surface area contributed by atoms with E-state index in [9.17, 15) is 0 Å². The molecule has 94 valence electrons. The first-order valence-corrected chi connectivity index (χ1v) is 7.19. The highest BCUT2D eigenvalue weighted by molar-refractivity contribution is 6.17. The summed E-state index contributed by atoms with van der Waals surface area (Å²) in [7, 11) is 0. The lowest BCUT2D eigenvalue weighted by atomic mass is 10.0. The smallest absolute Gasteiger partial charge is 0.0229 e. The summed E-state index contributed by atoms with van der Waals surface area (Å²) in [5.74, 6) is 0.811. The van der Waals surface area contributed by atoms with Crippen molar-refractivity contribution in [2.45, 2.75) is 32.1 Å². The van der Waals surface area contributed by atoms with Crippen LogP contribution < -0.4 is 5.32 Å². The minimum absolute atomic E-state index is 0.564. The Hall–Kier alpha value is -0.530. The first-order chi connectivity index (χ1) is 8.35. The molecule has 1 aliphatic rings. The Bertz CT molecular complexity index is 319.